The van der Waals surface area contributed by atoms with E-state index >= 15 is 0 Å². The van der Waals surface area contributed by atoms with Crippen LogP contribution in [-0.2, 0) is 6.54 Å². The van der Waals surface area contributed by atoms with Crippen LogP contribution in [0, 0.1) is 17.3 Å². The second-order valence-electron chi connectivity index (χ2n) is 6.41. The Kier molecular flexibility index (Phi) is 5.22. The standard InChI is InChI=1S/C19H23NS/c1-19(2,3)11-6-5-7-12-20(4)15-16-8-9-18-17(14-16)10-13-21-18/h5,7-10,13-14H,12,15H2,1-4H3/b7-5+. The fourth-order valence-electron chi connectivity index (χ4n) is 2.04. The minimum Gasteiger partial charge on any atom is -0.298 e. The molecule has 0 aliphatic heterocycles. The lowest BCUT2D eigenvalue weighted by atomic mass is 9.98. The predicted octanol–water partition coefficient (Wildman–Crippen LogP) is 4.94. The van der Waals surface area contributed by atoms with E-state index < -0.39 is 0 Å². The molecule has 2 rings (SSSR count). The summed E-state index contributed by atoms with van der Waals surface area (Å²) in [6.07, 6.45) is 4.09. The van der Waals surface area contributed by atoms with Crippen LogP contribution in [0.3, 0.4) is 0 Å². The lowest BCUT2D eigenvalue weighted by Crippen LogP contribution is -2.17. The SMILES string of the molecule is CN(C/C=C/C#CC(C)(C)C)Cc1ccc2sccc2c1. The first-order valence-corrected chi connectivity index (χ1v) is 8.14. The van der Waals surface area contributed by atoms with Gasteiger partial charge in [-0.15, -0.1) is 11.3 Å². The minimum absolute atomic E-state index is 0.0756. The Morgan fingerprint density at radius 1 is 1.24 bits per heavy atom. The lowest BCUT2D eigenvalue weighted by molar-refractivity contribution is 0.363. The van der Waals surface area contributed by atoms with Crippen LogP contribution >= 0.6 is 11.3 Å². The summed E-state index contributed by atoms with van der Waals surface area (Å²) >= 11 is 1.80. The molecule has 0 N–H and O–H groups in total. The molecule has 0 atom stereocenters. The van der Waals surface area contributed by atoms with Gasteiger partial charge in [-0.2, -0.15) is 0 Å². The molecule has 0 fully saturated rings. The highest BCUT2D eigenvalue weighted by Crippen LogP contribution is 2.22. The first kappa shape index (κ1) is 15.8. The average molecular weight is 297 g/mol. The molecule has 0 amide bonds. The number of thiophene rings is 1. The number of benzene rings is 1. The summed E-state index contributed by atoms with van der Waals surface area (Å²) in [6, 6.07) is 8.91. The normalized spacial score (nSPS) is 12.0. The monoisotopic (exact) mass is 297 g/mol. The molecule has 0 saturated heterocycles. The smallest absolute Gasteiger partial charge is 0.0342 e. The van der Waals surface area contributed by atoms with Gasteiger partial charge in [0.05, 0.1) is 0 Å². The molecule has 1 nitrogen and oxygen atoms in total. The van der Waals surface area contributed by atoms with Gasteiger partial charge in [-0.25, -0.2) is 0 Å². The molecule has 1 aromatic carbocycles. The summed E-state index contributed by atoms with van der Waals surface area (Å²) in [7, 11) is 2.14. The maximum Gasteiger partial charge on any atom is 0.0342 e. The Bertz CT molecular complexity index is 677. The molecule has 2 heteroatoms. The molecule has 1 heterocycles. The summed E-state index contributed by atoms with van der Waals surface area (Å²) in [6.45, 7) is 8.25. The molecular weight excluding hydrogens is 274 g/mol. The Morgan fingerprint density at radius 2 is 2.05 bits per heavy atom. The van der Waals surface area contributed by atoms with Crippen molar-refractivity contribution in [2.45, 2.75) is 27.3 Å². The van der Waals surface area contributed by atoms with Crippen LogP contribution in [0.15, 0.2) is 41.8 Å². The van der Waals surface area contributed by atoms with E-state index in [9.17, 15) is 0 Å². The molecule has 1 aromatic heterocycles. The van der Waals surface area contributed by atoms with E-state index in [1.165, 1.54) is 15.6 Å². The Labute approximate surface area is 132 Å². The van der Waals surface area contributed by atoms with Gasteiger partial charge in [-0.3, -0.25) is 4.90 Å². The zero-order chi connectivity index (χ0) is 15.3. The van der Waals surface area contributed by atoms with Crippen molar-refractivity contribution in [3.63, 3.8) is 0 Å². The fraction of sp³-hybridized carbons (Fsp3) is 0.368. The van der Waals surface area contributed by atoms with Crippen LogP contribution < -0.4 is 0 Å². The van der Waals surface area contributed by atoms with E-state index in [4.69, 9.17) is 0 Å². The zero-order valence-electron chi connectivity index (χ0n) is 13.3. The van der Waals surface area contributed by atoms with Gasteiger partial charge in [-0.05, 0) is 68.4 Å². The van der Waals surface area contributed by atoms with E-state index in [0.29, 0.717) is 0 Å². The van der Waals surface area contributed by atoms with Crippen LogP contribution in [0.5, 0.6) is 0 Å². The highest BCUT2D eigenvalue weighted by molar-refractivity contribution is 7.17. The Balaban J connectivity index is 1.87. The number of allylic oxidation sites excluding steroid dienone is 1. The minimum atomic E-state index is 0.0756. The van der Waals surface area contributed by atoms with Crippen LogP contribution in [0.1, 0.15) is 26.3 Å². The maximum absolute atomic E-state index is 3.21. The number of likely N-dealkylation sites (N-methyl/N-ethyl adjacent to an activating group) is 1. The van der Waals surface area contributed by atoms with E-state index in [1.54, 1.807) is 11.3 Å². The quantitative estimate of drug-likeness (QED) is 0.723. The summed E-state index contributed by atoms with van der Waals surface area (Å²) in [4.78, 5) is 2.29. The third kappa shape index (κ3) is 5.38. The van der Waals surface area contributed by atoms with Gasteiger partial charge in [0.15, 0.2) is 0 Å². The van der Waals surface area contributed by atoms with E-state index in [2.05, 4.69) is 80.3 Å². The average Bonchev–Trinajstić information content (AvgIpc) is 2.84. The lowest BCUT2D eigenvalue weighted by Gasteiger charge is -2.14. The van der Waals surface area contributed by atoms with Gasteiger partial charge >= 0.3 is 0 Å². The van der Waals surface area contributed by atoms with Crippen molar-refractivity contribution >= 4 is 21.4 Å². The van der Waals surface area contributed by atoms with Gasteiger partial charge in [0, 0.05) is 23.2 Å². The highest BCUT2D eigenvalue weighted by Gasteiger charge is 2.02. The molecule has 2 aromatic rings. The molecule has 0 spiro atoms. The van der Waals surface area contributed by atoms with E-state index in [1.807, 2.05) is 6.08 Å². The highest BCUT2D eigenvalue weighted by atomic mass is 32.1. The van der Waals surface area contributed by atoms with Gasteiger partial charge in [0.25, 0.3) is 0 Å². The van der Waals surface area contributed by atoms with Gasteiger partial charge < -0.3 is 0 Å². The number of fused-ring (bicyclic) bond motifs is 1. The molecule has 0 unspecified atom stereocenters. The maximum atomic E-state index is 3.21. The van der Waals surface area contributed by atoms with Crippen molar-refractivity contribution < 1.29 is 0 Å². The van der Waals surface area contributed by atoms with Crippen LogP contribution in [-0.4, -0.2) is 18.5 Å². The van der Waals surface area contributed by atoms with Gasteiger partial charge in [0.1, 0.15) is 0 Å². The van der Waals surface area contributed by atoms with Crippen LogP contribution in [0.2, 0.25) is 0 Å². The third-order valence-electron chi connectivity index (χ3n) is 3.03. The van der Waals surface area contributed by atoms with Crippen LogP contribution in [0.4, 0.5) is 0 Å². The van der Waals surface area contributed by atoms with Crippen molar-refractivity contribution in [3.8, 4) is 11.8 Å². The molecule has 0 bridgehead atoms. The topological polar surface area (TPSA) is 3.24 Å². The Hall–Kier alpha value is -1.56. The van der Waals surface area contributed by atoms with Crippen LogP contribution in [0.25, 0.3) is 10.1 Å². The molecule has 0 saturated carbocycles. The van der Waals surface area contributed by atoms with Crippen molar-refractivity contribution in [1.29, 1.82) is 0 Å². The first-order chi connectivity index (χ1) is 9.94. The zero-order valence-corrected chi connectivity index (χ0v) is 14.1. The van der Waals surface area contributed by atoms with Gasteiger partial charge in [-0.1, -0.05) is 24.0 Å². The van der Waals surface area contributed by atoms with Gasteiger partial charge in [0.2, 0.25) is 0 Å². The first-order valence-electron chi connectivity index (χ1n) is 7.26. The molecular formula is C19H23NS. The number of rotatable bonds is 4. The molecule has 21 heavy (non-hydrogen) atoms. The number of hydrogen-bond acceptors (Lipinski definition) is 2. The molecule has 0 radical (unpaired) electrons. The summed E-state index contributed by atoms with van der Waals surface area (Å²) < 4.78 is 1.36. The number of hydrogen-bond donors (Lipinski definition) is 0. The molecule has 0 aliphatic rings. The summed E-state index contributed by atoms with van der Waals surface area (Å²) in [5.74, 6) is 6.32. The Morgan fingerprint density at radius 3 is 2.81 bits per heavy atom. The molecule has 0 aliphatic carbocycles. The third-order valence-corrected chi connectivity index (χ3v) is 3.93. The molecule has 110 valence electrons. The summed E-state index contributed by atoms with van der Waals surface area (Å²) in [5.41, 5.74) is 1.43. The number of nitrogens with zero attached hydrogens (tertiary/aromatic N) is 1. The largest absolute Gasteiger partial charge is 0.298 e. The van der Waals surface area contributed by atoms with Crippen molar-refractivity contribution in [1.82, 2.24) is 4.90 Å². The van der Waals surface area contributed by atoms with Crippen molar-refractivity contribution in [2.75, 3.05) is 13.6 Å². The van der Waals surface area contributed by atoms with Crippen molar-refractivity contribution in [3.05, 3.63) is 47.4 Å². The second-order valence-corrected chi connectivity index (χ2v) is 7.36. The van der Waals surface area contributed by atoms with E-state index in [0.717, 1.165) is 13.1 Å². The second kappa shape index (κ2) is 6.93. The predicted molar refractivity (Wildman–Crippen MR) is 94.5 cm³/mol. The fourth-order valence-corrected chi connectivity index (χ4v) is 2.81. The van der Waals surface area contributed by atoms with Crippen molar-refractivity contribution in [2.24, 2.45) is 5.41 Å². The van der Waals surface area contributed by atoms with E-state index in [-0.39, 0.29) is 5.41 Å². The summed E-state index contributed by atoms with van der Waals surface area (Å²) in [5, 5.41) is 3.49.